The molecule has 7 nitrogen and oxygen atoms in total. The van der Waals surface area contributed by atoms with Gasteiger partial charge in [-0.1, -0.05) is 23.7 Å². The van der Waals surface area contributed by atoms with Crippen LogP contribution in [0.5, 0.6) is 5.75 Å². The third kappa shape index (κ3) is 4.24. The van der Waals surface area contributed by atoms with Gasteiger partial charge in [-0.15, -0.1) is 0 Å². The zero-order valence-corrected chi connectivity index (χ0v) is 18.2. The van der Waals surface area contributed by atoms with Crippen LogP contribution in [0.15, 0.2) is 72.8 Å². The minimum atomic E-state index is -0.709. The van der Waals surface area contributed by atoms with E-state index in [-0.39, 0.29) is 11.3 Å². The van der Waals surface area contributed by atoms with Crippen molar-refractivity contribution in [2.45, 2.75) is 19.0 Å². The highest BCUT2D eigenvalue weighted by atomic mass is 35.5. The van der Waals surface area contributed by atoms with Crippen molar-refractivity contribution in [2.24, 2.45) is 0 Å². The molecule has 1 saturated heterocycles. The molecule has 4 rings (SSSR count). The molecule has 1 aromatic heterocycles. The summed E-state index contributed by atoms with van der Waals surface area (Å²) in [5, 5.41) is 11.5. The minimum Gasteiger partial charge on any atom is -0.507 e. The van der Waals surface area contributed by atoms with Gasteiger partial charge in [0.25, 0.3) is 11.7 Å². The average Bonchev–Trinajstić information content (AvgIpc) is 3.41. The number of ketones is 1. The SMILES string of the molecule is COc1ccc([C@@H]2/C(=C(\O)c3ccc(Cl)cc3)C(=O)C(=O)N2CCCn2ccnc2)cc1. The quantitative estimate of drug-likeness (QED) is 0.332. The Kier molecular flexibility index (Phi) is 6.28. The predicted molar refractivity (Wildman–Crippen MR) is 120 cm³/mol. The Morgan fingerprint density at radius 3 is 2.44 bits per heavy atom. The number of carbonyl (C=O) groups is 2. The fourth-order valence-electron chi connectivity index (χ4n) is 3.85. The average molecular weight is 452 g/mol. The normalized spacial score (nSPS) is 17.7. The van der Waals surface area contributed by atoms with E-state index < -0.39 is 17.7 Å². The molecule has 0 aliphatic carbocycles. The summed E-state index contributed by atoms with van der Waals surface area (Å²) < 4.78 is 7.14. The molecule has 1 N–H and O–H groups in total. The first-order valence-corrected chi connectivity index (χ1v) is 10.5. The summed E-state index contributed by atoms with van der Waals surface area (Å²) in [6.07, 6.45) is 5.86. The van der Waals surface area contributed by atoms with Crippen LogP contribution in [0.1, 0.15) is 23.6 Å². The number of aromatic nitrogens is 2. The molecule has 0 bridgehead atoms. The molecule has 0 radical (unpaired) electrons. The van der Waals surface area contributed by atoms with Crippen molar-refractivity contribution in [1.82, 2.24) is 14.5 Å². The lowest BCUT2D eigenvalue weighted by atomic mass is 9.95. The van der Waals surface area contributed by atoms with Gasteiger partial charge in [0.15, 0.2) is 0 Å². The van der Waals surface area contributed by atoms with E-state index in [4.69, 9.17) is 16.3 Å². The van der Waals surface area contributed by atoms with E-state index in [1.807, 2.05) is 10.8 Å². The molecule has 1 aliphatic heterocycles. The predicted octanol–water partition coefficient (Wildman–Crippen LogP) is 4.06. The van der Waals surface area contributed by atoms with E-state index in [1.54, 1.807) is 68.2 Å². The number of aliphatic hydroxyl groups is 1. The lowest BCUT2D eigenvalue weighted by Gasteiger charge is -2.25. The first kappa shape index (κ1) is 21.6. The van der Waals surface area contributed by atoms with Crippen LogP contribution in [0.2, 0.25) is 5.02 Å². The summed E-state index contributed by atoms with van der Waals surface area (Å²) in [5.41, 5.74) is 1.19. The van der Waals surface area contributed by atoms with Crippen LogP contribution < -0.4 is 4.74 Å². The number of carbonyl (C=O) groups excluding carboxylic acids is 2. The highest BCUT2D eigenvalue weighted by Gasteiger charge is 2.45. The third-order valence-electron chi connectivity index (χ3n) is 5.46. The molecule has 1 amide bonds. The second-order valence-corrected chi connectivity index (χ2v) is 7.86. The van der Waals surface area contributed by atoms with Gasteiger partial charge in [-0.05, 0) is 48.4 Å². The van der Waals surface area contributed by atoms with E-state index >= 15 is 0 Å². The van der Waals surface area contributed by atoms with Gasteiger partial charge < -0.3 is 19.3 Å². The van der Waals surface area contributed by atoms with E-state index in [2.05, 4.69) is 4.98 Å². The van der Waals surface area contributed by atoms with Crippen LogP contribution >= 0.6 is 11.6 Å². The Morgan fingerprint density at radius 1 is 1.09 bits per heavy atom. The zero-order chi connectivity index (χ0) is 22.7. The smallest absolute Gasteiger partial charge is 0.295 e. The number of methoxy groups -OCH3 is 1. The summed E-state index contributed by atoms with van der Waals surface area (Å²) in [4.78, 5) is 31.5. The first-order valence-electron chi connectivity index (χ1n) is 10.1. The van der Waals surface area contributed by atoms with Crippen molar-refractivity contribution in [3.63, 3.8) is 0 Å². The van der Waals surface area contributed by atoms with Crippen LogP contribution in [-0.4, -0.2) is 44.9 Å². The Bertz CT molecular complexity index is 1140. The second kappa shape index (κ2) is 9.28. The molecular weight excluding hydrogens is 430 g/mol. The van der Waals surface area contributed by atoms with E-state index in [0.29, 0.717) is 41.4 Å². The van der Waals surface area contributed by atoms with Crippen molar-refractivity contribution in [2.75, 3.05) is 13.7 Å². The van der Waals surface area contributed by atoms with Gasteiger partial charge in [-0.2, -0.15) is 0 Å². The number of hydrogen-bond acceptors (Lipinski definition) is 5. The van der Waals surface area contributed by atoms with Gasteiger partial charge >= 0.3 is 0 Å². The fourth-order valence-corrected chi connectivity index (χ4v) is 3.98. The number of halogens is 1. The van der Waals surface area contributed by atoms with Crippen LogP contribution in [0.4, 0.5) is 0 Å². The highest BCUT2D eigenvalue weighted by Crippen LogP contribution is 2.40. The van der Waals surface area contributed by atoms with Crippen LogP contribution in [0.3, 0.4) is 0 Å². The highest BCUT2D eigenvalue weighted by molar-refractivity contribution is 6.46. The summed E-state index contributed by atoms with van der Waals surface area (Å²) in [5.74, 6) is -0.908. The maximum absolute atomic E-state index is 13.0. The Balaban J connectivity index is 1.72. The number of amides is 1. The molecule has 1 aliphatic rings. The molecule has 0 spiro atoms. The summed E-state index contributed by atoms with van der Waals surface area (Å²) in [7, 11) is 1.57. The molecule has 2 heterocycles. The fraction of sp³-hybridized carbons (Fsp3) is 0.208. The number of ether oxygens (including phenoxy) is 1. The first-order chi connectivity index (χ1) is 15.5. The van der Waals surface area contributed by atoms with Gasteiger partial charge in [-0.3, -0.25) is 9.59 Å². The van der Waals surface area contributed by atoms with Crippen molar-refractivity contribution in [3.05, 3.63) is 89.0 Å². The van der Waals surface area contributed by atoms with Crippen molar-refractivity contribution in [3.8, 4) is 5.75 Å². The Hall–Kier alpha value is -3.58. The zero-order valence-electron chi connectivity index (χ0n) is 17.4. The summed E-state index contributed by atoms with van der Waals surface area (Å²) in [6, 6.07) is 12.9. The molecule has 1 atom stereocenters. The number of imidazole rings is 1. The number of benzene rings is 2. The van der Waals surface area contributed by atoms with Gasteiger partial charge in [0.1, 0.15) is 11.5 Å². The second-order valence-electron chi connectivity index (χ2n) is 7.43. The van der Waals surface area contributed by atoms with Crippen LogP contribution in [0.25, 0.3) is 5.76 Å². The van der Waals surface area contributed by atoms with E-state index in [0.717, 1.165) is 0 Å². The molecule has 2 aromatic carbocycles. The Morgan fingerprint density at radius 2 is 1.81 bits per heavy atom. The number of likely N-dealkylation sites (tertiary alicyclic amines) is 1. The number of rotatable bonds is 7. The molecule has 164 valence electrons. The lowest BCUT2D eigenvalue weighted by molar-refractivity contribution is -0.139. The molecule has 0 saturated carbocycles. The number of nitrogens with zero attached hydrogens (tertiary/aromatic N) is 3. The van der Waals surface area contributed by atoms with Gasteiger partial charge in [0, 0.05) is 36.1 Å². The number of aliphatic hydroxyl groups excluding tert-OH is 1. The van der Waals surface area contributed by atoms with Gasteiger partial charge in [0.2, 0.25) is 0 Å². The molecule has 8 heteroatoms. The van der Waals surface area contributed by atoms with Crippen LogP contribution in [0, 0.1) is 0 Å². The van der Waals surface area contributed by atoms with Gasteiger partial charge in [-0.25, -0.2) is 4.98 Å². The third-order valence-corrected chi connectivity index (χ3v) is 5.72. The minimum absolute atomic E-state index is 0.0603. The maximum Gasteiger partial charge on any atom is 0.295 e. The largest absolute Gasteiger partial charge is 0.507 e. The van der Waals surface area contributed by atoms with Gasteiger partial charge in [0.05, 0.1) is 25.1 Å². The summed E-state index contributed by atoms with van der Waals surface area (Å²) in [6.45, 7) is 0.992. The topological polar surface area (TPSA) is 84.7 Å². The lowest BCUT2D eigenvalue weighted by Crippen LogP contribution is -2.31. The summed E-state index contributed by atoms with van der Waals surface area (Å²) >= 11 is 5.96. The number of Topliss-reactive ketones (excluding diaryl/α,β-unsaturated/α-hetero) is 1. The Labute approximate surface area is 190 Å². The van der Waals surface area contributed by atoms with E-state index in [1.165, 1.54) is 4.90 Å². The monoisotopic (exact) mass is 451 g/mol. The van der Waals surface area contributed by atoms with E-state index in [9.17, 15) is 14.7 Å². The maximum atomic E-state index is 13.0. The van der Waals surface area contributed by atoms with Crippen LogP contribution in [-0.2, 0) is 16.1 Å². The molecular formula is C24H22ClN3O4. The van der Waals surface area contributed by atoms with Crippen molar-refractivity contribution < 1.29 is 19.4 Å². The molecule has 0 unspecified atom stereocenters. The van der Waals surface area contributed by atoms with Crippen molar-refractivity contribution in [1.29, 1.82) is 0 Å². The van der Waals surface area contributed by atoms with Crippen molar-refractivity contribution >= 4 is 29.1 Å². The number of hydrogen-bond donors (Lipinski definition) is 1. The molecule has 1 fully saturated rings. The standard InChI is InChI=1S/C24H22ClN3O4/c1-32-19-9-5-16(6-10-19)21-20(22(29)17-3-7-18(25)8-4-17)23(30)24(31)28(21)13-2-12-27-14-11-26-15-27/h3-11,14-15,21,29H,2,12-13H2,1H3/b22-20+/t21-/m1/s1. The number of aryl methyl sites for hydroxylation is 1. The molecule has 32 heavy (non-hydrogen) atoms. The molecule has 3 aromatic rings.